The van der Waals surface area contributed by atoms with Gasteiger partial charge in [-0.15, -0.1) is 0 Å². The fourth-order valence-electron chi connectivity index (χ4n) is 5.80. The molecule has 2 saturated heterocycles. The average Bonchev–Trinajstić information content (AvgIpc) is 3.63. The van der Waals surface area contributed by atoms with Crippen molar-refractivity contribution in [1.29, 1.82) is 0 Å². The van der Waals surface area contributed by atoms with Crippen molar-refractivity contribution in [3.8, 4) is 0 Å². The minimum atomic E-state index is 0.480. The van der Waals surface area contributed by atoms with Crippen LogP contribution < -0.4 is 5.32 Å². The molecule has 3 heterocycles. The van der Waals surface area contributed by atoms with Gasteiger partial charge in [0.1, 0.15) is 12.1 Å². The average molecular weight is 508 g/mol. The highest BCUT2D eigenvalue weighted by molar-refractivity contribution is 6.45. The van der Waals surface area contributed by atoms with E-state index in [9.17, 15) is 0 Å². The second kappa shape index (κ2) is 9.96. The van der Waals surface area contributed by atoms with Gasteiger partial charge in [-0.3, -0.25) is 4.90 Å². The molecule has 182 valence electrons. The summed E-state index contributed by atoms with van der Waals surface area (Å²) in [6.07, 6.45) is 7.77. The molecule has 7 heteroatoms. The Bertz CT molecular complexity index is 1230. The molecule has 3 fully saturated rings. The van der Waals surface area contributed by atoms with Crippen molar-refractivity contribution in [2.75, 3.05) is 38.0 Å². The molecular weight excluding hydrogens is 477 g/mol. The van der Waals surface area contributed by atoms with Gasteiger partial charge in [0.05, 0.1) is 22.1 Å². The molecule has 5 nitrogen and oxygen atoms in total. The van der Waals surface area contributed by atoms with Crippen LogP contribution in [0.5, 0.6) is 0 Å². The van der Waals surface area contributed by atoms with Crippen molar-refractivity contribution >= 4 is 39.9 Å². The fraction of sp³-hybridized carbons (Fsp3) is 0.429. The summed E-state index contributed by atoms with van der Waals surface area (Å²) in [5.74, 6) is 1.52. The number of hydrogen-bond acceptors (Lipinski definition) is 5. The molecule has 2 aliphatic heterocycles. The van der Waals surface area contributed by atoms with Gasteiger partial charge in [0.2, 0.25) is 0 Å². The molecule has 3 aromatic rings. The van der Waals surface area contributed by atoms with Crippen LogP contribution in [0.4, 0.5) is 5.82 Å². The monoisotopic (exact) mass is 507 g/mol. The van der Waals surface area contributed by atoms with Gasteiger partial charge in [-0.25, -0.2) is 9.97 Å². The SMILES string of the molecule is Clc1ccc2c(NCC(=C3CC3)N3CCC(N4CCC(c5ccccc5)CC4)C3)ncnc2c1Cl. The van der Waals surface area contributed by atoms with Crippen LogP contribution in [0.2, 0.25) is 10.0 Å². The van der Waals surface area contributed by atoms with Crippen LogP contribution in [0.15, 0.2) is 60.1 Å². The highest BCUT2D eigenvalue weighted by Gasteiger charge is 2.33. The summed E-state index contributed by atoms with van der Waals surface area (Å²) in [6.45, 7) is 5.46. The molecule has 1 aromatic heterocycles. The molecule has 1 aliphatic carbocycles. The number of nitrogens with one attached hydrogen (secondary N) is 1. The van der Waals surface area contributed by atoms with Crippen molar-refractivity contribution in [3.63, 3.8) is 0 Å². The largest absolute Gasteiger partial charge is 0.372 e. The first-order valence-corrected chi connectivity index (χ1v) is 13.5. The van der Waals surface area contributed by atoms with Gasteiger partial charge in [-0.2, -0.15) is 0 Å². The van der Waals surface area contributed by atoms with E-state index >= 15 is 0 Å². The lowest BCUT2D eigenvalue weighted by atomic mass is 9.89. The molecule has 3 aliphatic rings. The third-order valence-corrected chi connectivity index (χ3v) is 8.69. The summed E-state index contributed by atoms with van der Waals surface area (Å²) in [5.41, 5.74) is 5.24. The Morgan fingerprint density at radius 1 is 0.943 bits per heavy atom. The van der Waals surface area contributed by atoms with Crippen LogP contribution in [-0.4, -0.2) is 58.5 Å². The Kier molecular flexibility index (Phi) is 6.57. The number of likely N-dealkylation sites (tertiary alicyclic amines) is 2. The quantitative estimate of drug-likeness (QED) is 0.420. The Morgan fingerprint density at radius 2 is 1.74 bits per heavy atom. The summed E-state index contributed by atoms with van der Waals surface area (Å²) in [4.78, 5) is 14.2. The molecule has 2 aromatic carbocycles. The summed E-state index contributed by atoms with van der Waals surface area (Å²) in [5, 5.41) is 5.48. The maximum absolute atomic E-state index is 6.39. The summed E-state index contributed by atoms with van der Waals surface area (Å²) >= 11 is 12.6. The van der Waals surface area contributed by atoms with Gasteiger partial charge in [-0.1, -0.05) is 53.5 Å². The standard InChI is InChI=1S/C28H31Cl2N5/c29-24-9-8-23-27(26(24)30)32-18-33-28(23)31-16-25(21-6-7-21)35-15-12-22(17-35)34-13-10-20(11-14-34)19-4-2-1-3-5-19/h1-5,8-9,18,20,22H,6-7,10-17H2,(H,31,32,33). The van der Waals surface area contributed by atoms with Crippen molar-refractivity contribution < 1.29 is 0 Å². The second-order valence-electron chi connectivity index (χ2n) is 9.99. The smallest absolute Gasteiger partial charge is 0.137 e. The molecule has 0 radical (unpaired) electrons. The molecule has 0 amide bonds. The van der Waals surface area contributed by atoms with Crippen LogP contribution in [0, 0.1) is 0 Å². The van der Waals surface area contributed by atoms with Gasteiger partial charge >= 0.3 is 0 Å². The van der Waals surface area contributed by atoms with Gasteiger partial charge in [-0.05, 0) is 74.4 Å². The minimum Gasteiger partial charge on any atom is -0.372 e. The first-order valence-electron chi connectivity index (χ1n) is 12.7. The molecule has 35 heavy (non-hydrogen) atoms. The zero-order valence-corrected chi connectivity index (χ0v) is 21.4. The normalized spacial score (nSPS) is 21.0. The van der Waals surface area contributed by atoms with Crippen molar-refractivity contribution in [3.05, 3.63) is 75.7 Å². The van der Waals surface area contributed by atoms with Crippen LogP contribution in [0.1, 0.15) is 43.6 Å². The highest BCUT2D eigenvalue weighted by atomic mass is 35.5. The van der Waals surface area contributed by atoms with Crippen LogP contribution in [0.25, 0.3) is 10.9 Å². The lowest BCUT2D eigenvalue weighted by molar-refractivity contribution is 0.155. The number of anilines is 1. The molecular formula is C28H31Cl2N5. The predicted octanol–water partition coefficient (Wildman–Crippen LogP) is 6.35. The summed E-state index contributed by atoms with van der Waals surface area (Å²) in [6, 6.07) is 15.5. The Morgan fingerprint density at radius 3 is 2.51 bits per heavy atom. The fourth-order valence-corrected chi connectivity index (χ4v) is 6.17. The van der Waals surface area contributed by atoms with E-state index in [1.165, 1.54) is 56.5 Å². The summed E-state index contributed by atoms with van der Waals surface area (Å²) < 4.78 is 0. The van der Waals surface area contributed by atoms with E-state index in [-0.39, 0.29) is 0 Å². The lowest BCUT2D eigenvalue weighted by Gasteiger charge is -2.36. The number of hydrogen-bond donors (Lipinski definition) is 1. The third kappa shape index (κ3) is 4.87. The number of halogens is 2. The number of fused-ring (bicyclic) bond motifs is 1. The van der Waals surface area contributed by atoms with E-state index < -0.39 is 0 Å². The molecule has 1 unspecified atom stereocenters. The van der Waals surface area contributed by atoms with E-state index in [0.29, 0.717) is 27.5 Å². The Hall–Kier alpha value is -2.34. The number of aromatic nitrogens is 2. The van der Waals surface area contributed by atoms with Crippen molar-refractivity contribution in [1.82, 2.24) is 19.8 Å². The number of rotatable bonds is 6. The molecule has 6 rings (SSSR count). The molecule has 1 atom stereocenters. The molecule has 0 spiro atoms. The predicted molar refractivity (Wildman–Crippen MR) is 144 cm³/mol. The van der Waals surface area contributed by atoms with E-state index in [1.54, 1.807) is 11.9 Å². The van der Waals surface area contributed by atoms with E-state index in [1.807, 2.05) is 12.1 Å². The van der Waals surface area contributed by atoms with Gasteiger partial charge < -0.3 is 10.2 Å². The first kappa shape index (κ1) is 23.1. The van der Waals surface area contributed by atoms with Gasteiger partial charge in [0, 0.05) is 30.2 Å². The van der Waals surface area contributed by atoms with E-state index in [4.69, 9.17) is 23.2 Å². The van der Waals surface area contributed by atoms with Crippen LogP contribution >= 0.6 is 23.2 Å². The lowest BCUT2D eigenvalue weighted by Crippen LogP contribution is -2.42. The second-order valence-corrected chi connectivity index (χ2v) is 10.8. The first-order chi connectivity index (χ1) is 17.2. The number of benzene rings is 2. The van der Waals surface area contributed by atoms with Crippen LogP contribution in [0.3, 0.4) is 0 Å². The van der Waals surface area contributed by atoms with Crippen LogP contribution in [-0.2, 0) is 0 Å². The summed E-state index contributed by atoms with van der Waals surface area (Å²) in [7, 11) is 0. The Balaban J connectivity index is 1.09. The van der Waals surface area contributed by atoms with Crippen molar-refractivity contribution in [2.45, 2.75) is 44.1 Å². The van der Waals surface area contributed by atoms with E-state index in [2.05, 4.69) is 55.4 Å². The third-order valence-electron chi connectivity index (χ3n) is 7.89. The zero-order valence-electron chi connectivity index (χ0n) is 19.9. The number of allylic oxidation sites excluding steroid dienone is 1. The van der Waals surface area contributed by atoms with E-state index in [0.717, 1.165) is 30.8 Å². The molecule has 0 bridgehead atoms. The maximum atomic E-state index is 6.39. The molecule has 1 N–H and O–H groups in total. The van der Waals surface area contributed by atoms with Gasteiger partial charge in [0.25, 0.3) is 0 Å². The van der Waals surface area contributed by atoms with Crippen molar-refractivity contribution in [2.24, 2.45) is 0 Å². The van der Waals surface area contributed by atoms with Gasteiger partial charge in [0.15, 0.2) is 0 Å². The number of nitrogens with zero attached hydrogens (tertiary/aromatic N) is 4. The minimum absolute atomic E-state index is 0.480. The molecule has 1 saturated carbocycles. The highest BCUT2D eigenvalue weighted by Crippen LogP contribution is 2.37. The zero-order chi connectivity index (χ0) is 23.8. The topological polar surface area (TPSA) is 44.3 Å². The number of piperidine rings is 1. The maximum Gasteiger partial charge on any atom is 0.137 e. The Labute approximate surface area is 217 Å².